The molecule has 3 aromatic rings. The molecule has 5 aliphatic rings. The fourth-order valence-electron chi connectivity index (χ4n) is 8.80. The molecule has 57 heavy (non-hydrogen) atoms. The number of nitrogens with zero attached hydrogens (tertiary/aromatic N) is 7. The number of carbonyl (C=O) groups excluding carboxylic acids is 5. The van der Waals surface area contributed by atoms with Crippen LogP contribution in [-0.2, 0) is 14.4 Å². The number of amides is 5. The number of hydrogen-bond acceptors (Lipinski definition) is 11. The summed E-state index contributed by atoms with van der Waals surface area (Å²) in [5.41, 5.74) is 4.00. The van der Waals surface area contributed by atoms with E-state index in [1.165, 1.54) is 0 Å². The number of pyridine rings is 1. The van der Waals surface area contributed by atoms with Gasteiger partial charge in [-0.05, 0) is 99.5 Å². The van der Waals surface area contributed by atoms with Gasteiger partial charge in [0.05, 0.1) is 33.6 Å². The van der Waals surface area contributed by atoms with Crippen LogP contribution in [0.3, 0.4) is 0 Å². The number of fused-ring (bicyclic) bond motifs is 1. The molecule has 0 aliphatic carbocycles. The Bertz CT molecular complexity index is 2100. The maximum atomic E-state index is 13.3. The van der Waals surface area contributed by atoms with Crippen LogP contribution < -0.4 is 25.3 Å². The fraction of sp³-hybridized carbons (Fsp3) is 0.452. The van der Waals surface area contributed by atoms with E-state index in [1.807, 2.05) is 36.5 Å². The van der Waals surface area contributed by atoms with Crippen molar-refractivity contribution < 1.29 is 24.0 Å². The van der Waals surface area contributed by atoms with Gasteiger partial charge in [-0.1, -0.05) is 11.6 Å². The molecule has 0 bridgehead atoms. The minimum Gasteiger partial charge on any atom is -0.371 e. The number of nitrogens with one attached hydrogen (secondary N) is 2. The second-order valence-electron chi connectivity index (χ2n) is 15.7. The zero-order valence-corrected chi connectivity index (χ0v) is 32.5. The Morgan fingerprint density at radius 1 is 0.789 bits per heavy atom. The smallest absolute Gasteiger partial charge is 0.262 e. The Hall–Kier alpha value is -5.52. The topological polar surface area (TPSA) is 162 Å². The molecule has 1 unspecified atom stereocenters. The Morgan fingerprint density at radius 2 is 1.44 bits per heavy atom. The summed E-state index contributed by atoms with van der Waals surface area (Å²) in [6.45, 7) is 8.03. The van der Waals surface area contributed by atoms with Crippen molar-refractivity contribution in [3.8, 4) is 6.07 Å². The van der Waals surface area contributed by atoms with Gasteiger partial charge in [-0.2, -0.15) is 5.26 Å². The Labute approximate surface area is 336 Å². The van der Waals surface area contributed by atoms with Gasteiger partial charge in [-0.25, -0.2) is 4.98 Å². The first-order valence-corrected chi connectivity index (χ1v) is 20.3. The first kappa shape index (κ1) is 38.4. The zero-order valence-electron chi connectivity index (χ0n) is 31.8. The fourth-order valence-corrected chi connectivity index (χ4v) is 9.01. The van der Waals surface area contributed by atoms with Crippen molar-refractivity contribution in [2.45, 2.75) is 51.0 Å². The average Bonchev–Trinajstić information content (AvgIpc) is 3.48. The highest BCUT2D eigenvalue weighted by Gasteiger charge is 2.45. The molecular formula is C42H46ClN9O5. The highest BCUT2D eigenvalue weighted by Crippen LogP contribution is 2.33. The number of carbonyl (C=O) groups is 5. The quantitative estimate of drug-likeness (QED) is 0.298. The molecule has 2 aromatic carbocycles. The number of halogens is 1. The number of aromatic nitrogens is 1. The van der Waals surface area contributed by atoms with Crippen molar-refractivity contribution in [2.75, 3.05) is 78.9 Å². The number of imide groups is 2. The van der Waals surface area contributed by atoms with E-state index in [4.69, 9.17) is 16.9 Å². The molecule has 0 radical (unpaired) electrons. The molecule has 4 saturated heterocycles. The van der Waals surface area contributed by atoms with Crippen LogP contribution in [0.2, 0.25) is 5.02 Å². The van der Waals surface area contributed by atoms with Crippen LogP contribution in [0.4, 0.5) is 22.9 Å². The first-order chi connectivity index (χ1) is 27.6. The van der Waals surface area contributed by atoms with Crippen molar-refractivity contribution in [3.63, 3.8) is 0 Å². The van der Waals surface area contributed by atoms with Crippen LogP contribution in [0, 0.1) is 23.2 Å². The van der Waals surface area contributed by atoms with Crippen molar-refractivity contribution >= 4 is 64.0 Å². The van der Waals surface area contributed by atoms with Crippen LogP contribution >= 0.6 is 11.6 Å². The third kappa shape index (κ3) is 8.17. The third-order valence-electron chi connectivity index (χ3n) is 12.3. The van der Waals surface area contributed by atoms with Gasteiger partial charge in [0.25, 0.3) is 11.8 Å². The summed E-state index contributed by atoms with van der Waals surface area (Å²) < 4.78 is 0. The van der Waals surface area contributed by atoms with Crippen LogP contribution in [0.5, 0.6) is 0 Å². The number of benzene rings is 2. The molecule has 0 spiro atoms. The van der Waals surface area contributed by atoms with Crippen molar-refractivity contribution in [3.05, 3.63) is 76.4 Å². The van der Waals surface area contributed by atoms with Gasteiger partial charge < -0.3 is 20.0 Å². The van der Waals surface area contributed by atoms with E-state index >= 15 is 0 Å². The van der Waals surface area contributed by atoms with Crippen LogP contribution in [0.25, 0.3) is 0 Å². The normalized spacial score (nSPS) is 21.1. The summed E-state index contributed by atoms with van der Waals surface area (Å²) in [5.74, 6) is -0.880. The van der Waals surface area contributed by atoms with Crippen LogP contribution in [-0.4, -0.2) is 109 Å². The standard InChI is InChI=1S/C42H46ClN9O5/c43-35-24-31(2-1-29(35)25-44)50-17-12-28(13-18-50)39(54)46-37-7-4-32(26-45-37)51-21-19-48(20-22-51)14-9-27-10-15-49(16-11-27)30-3-5-33-34(23-30)42(57)52(41(33)56)36-6-8-38(53)47-40(36)55/h1-5,7,23-24,26-28,36H,6,8-22H2,(H,45,46,54)(H,47,53,55). The summed E-state index contributed by atoms with van der Waals surface area (Å²) in [7, 11) is 0. The molecule has 1 aromatic heterocycles. The van der Waals surface area contributed by atoms with Gasteiger partial charge in [-0.3, -0.25) is 39.1 Å². The minimum atomic E-state index is -0.965. The summed E-state index contributed by atoms with van der Waals surface area (Å²) in [6, 6.07) is 15.9. The highest BCUT2D eigenvalue weighted by atomic mass is 35.5. The molecule has 4 fully saturated rings. The van der Waals surface area contributed by atoms with E-state index in [-0.39, 0.29) is 30.6 Å². The minimum absolute atomic E-state index is 0.00968. The number of piperazine rings is 1. The lowest BCUT2D eigenvalue weighted by molar-refractivity contribution is -0.136. The molecule has 15 heteroatoms. The third-order valence-corrected chi connectivity index (χ3v) is 12.6. The number of rotatable bonds is 9. The van der Waals surface area contributed by atoms with Crippen molar-refractivity contribution in [1.29, 1.82) is 5.26 Å². The summed E-state index contributed by atoms with van der Waals surface area (Å²) >= 11 is 6.23. The molecule has 1 atom stereocenters. The first-order valence-electron chi connectivity index (χ1n) is 19.9. The Balaban J connectivity index is 0.743. The number of hydrogen-bond donors (Lipinski definition) is 2. The van der Waals surface area contributed by atoms with E-state index in [0.717, 1.165) is 113 Å². The van der Waals surface area contributed by atoms with E-state index in [9.17, 15) is 24.0 Å². The van der Waals surface area contributed by atoms with E-state index in [2.05, 4.69) is 41.3 Å². The number of piperidine rings is 3. The van der Waals surface area contributed by atoms with Gasteiger partial charge in [0.15, 0.2) is 0 Å². The predicted octanol–water partition coefficient (Wildman–Crippen LogP) is 4.29. The lowest BCUT2D eigenvalue weighted by atomic mass is 9.92. The summed E-state index contributed by atoms with van der Waals surface area (Å²) in [4.78, 5) is 78.4. The molecule has 2 N–H and O–H groups in total. The lowest BCUT2D eigenvalue weighted by Gasteiger charge is -2.38. The molecule has 14 nitrogen and oxygen atoms in total. The van der Waals surface area contributed by atoms with Gasteiger partial charge in [0.1, 0.15) is 17.9 Å². The molecule has 6 heterocycles. The van der Waals surface area contributed by atoms with Crippen LogP contribution in [0.1, 0.15) is 71.2 Å². The van der Waals surface area contributed by atoms with Crippen molar-refractivity contribution in [1.82, 2.24) is 20.1 Å². The predicted molar refractivity (Wildman–Crippen MR) is 215 cm³/mol. The molecular weight excluding hydrogens is 746 g/mol. The number of anilines is 4. The van der Waals surface area contributed by atoms with Crippen LogP contribution in [0.15, 0.2) is 54.7 Å². The maximum absolute atomic E-state index is 13.3. The van der Waals surface area contributed by atoms with Gasteiger partial charge in [-0.15, -0.1) is 0 Å². The second kappa shape index (κ2) is 16.5. The van der Waals surface area contributed by atoms with Gasteiger partial charge in [0, 0.05) is 76.1 Å². The summed E-state index contributed by atoms with van der Waals surface area (Å²) in [6.07, 6.45) is 6.77. The van der Waals surface area contributed by atoms with E-state index in [1.54, 1.807) is 18.2 Å². The largest absolute Gasteiger partial charge is 0.371 e. The SMILES string of the molecule is N#Cc1ccc(N2CCC(C(=O)Nc3ccc(N4CCN(CCC5CCN(c6ccc7c(c6)C(=O)N(C6CCC(=O)NC6=O)C7=O)CC5)CC4)cn3)CC2)cc1Cl. The molecule has 296 valence electrons. The summed E-state index contributed by atoms with van der Waals surface area (Å²) in [5, 5.41) is 14.8. The monoisotopic (exact) mass is 791 g/mol. The maximum Gasteiger partial charge on any atom is 0.262 e. The molecule has 5 amide bonds. The second-order valence-corrected chi connectivity index (χ2v) is 16.1. The molecule has 5 aliphatic heterocycles. The van der Waals surface area contributed by atoms with Gasteiger partial charge >= 0.3 is 0 Å². The average molecular weight is 792 g/mol. The van der Waals surface area contributed by atoms with E-state index in [0.29, 0.717) is 33.4 Å². The number of nitriles is 1. The van der Waals surface area contributed by atoms with Crippen molar-refractivity contribution in [2.24, 2.45) is 11.8 Å². The highest BCUT2D eigenvalue weighted by molar-refractivity contribution is 6.32. The van der Waals surface area contributed by atoms with E-state index < -0.39 is 23.8 Å². The lowest BCUT2D eigenvalue weighted by Crippen LogP contribution is -2.54. The van der Waals surface area contributed by atoms with Gasteiger partial charge in [0.2, 0.25) is 17.7 Å². The Morgan fingerprint density at radius 3 is 2.11 bits per heavy atom. The zero-order chi connectivity index (χ0) is 39.6. The Kier molecular flexibility index (Phi) is 11.1. The molecule has 0 saturated carbocycles. The molecule has 8 rings (SSSR count).